The second-order valence-electron chi connectivity index (χ2n) is 8.92. The molecule has 1 atom stereocenters. The highest BCUT2D eigenvalue weighted by Crippen LogP contribution is 2.29. The maximum absolute atomic E-state index is 13.2. The van der Waals surface area contributed by atoms with Crippen molar-refractivity contribution < 1.29 is 24.2 Å². The second-order valence-corrected chi connectivity index (χ2v) is 9.35. The predicted octanol–water partition coefficient (Wildman–Crippen LogP) is 2.58. The van der Waals surface area contributed by atoms with E-state index in [0.29, 0.717) is 37.8 Å². The maximum atomic E-state index is 13.2. The van der Waals surface area contributed by atoms with E-state index in [9.17, 15) is 14.7 Å². The fraction of sp³-hybridized carbons (Fsp3) is 0.462. The number of carbonyl (C=O) groups is 2. The van der Waals surface area contributed by atoms with Gasteiger partial charge in [0.15, 0.2) is 0 Å². The summed E-state index contributed by atoms with van der Waals surface area (Å²) in [6, 6.07) is 14.2. The van der Waals surface area contributed by atoms with Crippen LogP contribution in [0.3, 0.4) is 0 Å². The molecule has 194 valence electrons. The van der Waals surface area contributed by atoms with E-state index < -0.39 is 12.1 Å². The van der Waals surface area contributed by atoms with Crippen LogP contribution < -0.4 is 15.0 Å². The first-order valence-corrected chi connectivity index (χ1v) is 12.7. The number of ether oxygens (including phenoxy) is 2. The Labute approximate surface area is 216 Å². The number of carbonyl (C=O) groups excluding carboxylic acids is 1. The predicted molar refractivity (Wildman–Crippen MR) is 138 cm³/mol. The minimum atomic E-state index is -1.22. The molecule has 2 aromatic rings. The van der Waals surface area contributed by atoms with Crippen molar-refractivity contribution in [2.24, 2.45) is 0 Å². The third-order valence-corrected chi connectivity index (χ3v) is 6.77. The molecule has 4 rings (SSSR count). The van der Waals surface area contributed by atoms with Crippen molar-refractivity contribution in [1.82, 2.24) is 15.1 Å². The van der Waals surface area contributed by atoms with Crippen LogP contribution in [-0.2, 0) is 16.0 Å². The number of nitrogens with one attached hydrogen (secondary N) is 1. The maximum Gasteiger partial charge on any atom is 0.405 e. The average molecular weight is 517 g/mol. The Kier molecular flexibility index (Phi) is 9.27. The smallest absolute Gasteiger partial charge is 0.405 e. The highest BCUT2D eigenvalue weighted by atomic mass is 35.5. The first-order valence-electron chi connectivity index (χ1n) is 12.3. The molecule has 2 amide bonds. The van der Waals surface area contributed by atoms with Crippen molar-refractivity contribution in [3.63, 3.8) is 0 Å². The molecule has 1 unspecified atom stereocenters. The van der Waals surface area contributed by atoms with Gasteiger partial charge in [-0.3, -0.25) is 9.69 Å². The summed E-state index contributed by atoms with van der Waals surface area (Å²) in [5.74, 6) is 0.612. The Bertz CT molecular complexity index is 1010. The van der Waals surface area contributed by atoms with Crippen molar-refractivity contribution in [2.45, 2.75) is 12.5 Å². The van der Waals surface area contributed by atoms with Crippen LogP contribution in [0.5, 0.6) is 5.75 Å². The van der Waals surface area contributed by atoms with Gasteiger partial charge in [-0.05, 0) is 29.8 Å². The lowest BCUT2D eigenvalue weighted by Crippen LogP contribution is -2.55. The molecule has 0 bridgehead atoms. The normalized spacial score (nSPS) is 17.5. The van der Waals surface area contributed by atoms with Crippen molar-refractivity contribution in [2.75, 3.05) is 70.5 Å². The fourth-order valence-corrected chi connectivity index (χ4v) is 4.67. The number of benzene rings is 2. The van der Waals surface area contributed by atoms with Crippen LogP contribution in [0.1, 0.15) is 5.56 Å². The Morgan fingerprint density at radius 1 is 1.00 bits per heavy atom. The molecule has 2 heterocycles. The van der Waals surface area contributed by atoms with Crippen LogP contribution in [0.15, 0.2) is 48.5 Å². The topological polar surface area (TPSA) is 94.6 Å². The molecule has 2 N–H and O–H groups in total. The molecule has 10 heteroatoms. The number of nitrogens with zero attached hydrogens (tertiary/aromatic N) is 3. The molecule has 0 saturated carbocycles. The van der Waals surface area contributed by atoms with Gasteiger partial charge in [0.05, 0.1) is 18.9 Å². The van der Waals surface area contributed by atoms with E-state index in [1.54, 1.807) is 29.2 Å². The summed E-state index contributed by atoms with van der Waals surface area (Å²) in [4.78, 5) is 30.9. The Hall–Kier alpha value is -3.01. The molecule has 0 spiro atoms. The molecule has 0 aromatic heterocycles. The Morgan fingerprint density at radius 2 is 1.69 bits per heavy atom. The van der Waals surface area contributed by atoms with E-state index in [0.717, 1.165) is 49.8 Å². The van der Waals surface area contributed by atoms with Gasteiger partial charge in [0.1, 0.15) is 18.4 Å². The van der Waals surface area contributed by atoms with E-state index in [1.807, 2.05) is 24.3 Å². The third-order valence-electron chi connectivity index (χ3n) is 6.51. The quantitative estimate of drug-likeness (QED) is 0.529. The Morgan fingerprint density at radius 3 is 2.39 bits per heavy atom. The number of anilines is 1. The zero-order valence-corrected chi connectivity index (χ0v) is 21.0. The average Bonchev–Trinajstić information content (AvgIpc) is 2.90. The second kappa shape index (κ2) is 12.8. The number of morpholine rings is 1. The van der Waals surface area contributed by atoms with Crippen LogP contribution in [0, 0.1) is 0 Å². The summed E-state index contributed by atoms with van der Waals surface area (Å²) < 4.78 is 11.5. The lowest BCUT2D eigenvalue weighted by Gasteiger charge is -2.38. The molecule has 9 nitrogen and oxygen atoms in total. The summed E-state index contributed by atoms with van der Waals surface area (Å²) in [6.45, 7) is 7.11. The number of halogens is 1. The first-order chi connectivity index (χ1) is 17.5. The van der Waals surface area contributed by atoms with E-state index in [4.69, 9.17) is 21.1 Å². The van der Waals surface area contributed by atoms with Gasteiger partial charge in [-0.2, -0.15) is 0 Å². The molecular formula is C26H33ClN4O5. The summed E-state index contributed by atoms with van der Waals surface area (Å²) in [5, 5.41) is 12.3. The fourth-order valence-electron chi connectivity index (χ4n) is 4.54. The molecule has 2 saturated heterocycles. The van der Waals surface area contributed by atoms with Crippen molar-refractivity contribution in [3.8, 4) is 5.75 Å². The number of hydrogen-bond acceptors (Lipinski definition) is 6. The monoisotopic (exact) mass is 516 g/mol. The van der Waals surface area contributed by atoms with Gasteiger partial charge in [0.25, 0.3) is 0 Å². The lowest BCUT2D eigenvalue weighted by atomic mass is 10.0. The van der Waals surface area contributed by atoms with Crippen LogP contribution in [0.4, 0.5) is 10.5 Å². The minimum absolute atomic E-state index is 0.220. The number of rotatable bonds is 9. The molecule has 2 aliphatic rings. The zero-order chi connectivity index (χ0) is 25.3. The van der Waals surface area contributed by atoms with Crippen molar-refractivity contribution in [1.29, 1.82) is 0 Å². The van der Waals surface area contributed by atoms with E-state index in [1.165, 1.54) is 0 Å². The number of para-hydroxylation sites is 2. The minimum Gasteiger partial charge on any atom is -0.490 e. The molecule has 2 aromatic carbocycles. The van der Waals surface area contributed by atoms with Gasteiger partial charge in [0.2, 0.25) is 5.91 Å². The van der Waals surface area contributed by atoms with E-state index in [-0.39, 0.29) is 12.3 Å². The number of piperazine rings is 1. The largest absolute Gasteiger partial charge is 0.490 e. The van der Waals surface area contributed by atoms with Gasteiger partial charge >= 0.3 is 6.09 Å². The molecule has 2 fully saturated rings. The SMILES string of the molecule is O=C(O)NC(Cc1ccc(Cl)cc1)C(=O)N1CCN(c2ccccc2OCCN2CCOCC2)CC1. The highest BCUT2D eigenvalue weighted by molar-refractivity contribution is 6.30. The summed E-state index contributed by atoms with van der Waals surface area (Å²) in [7, 11) is 0. The summed E-state index contributed by atoms with van der Waals surface area (Å²) >= 11 is 5.95. The van der Waals surface area contributed by atoms with Gasteiger partial charge < -0.3 is 29.7 Å². The number of amides is 2. The van der Waals surface area contributed by atoms with Crippen LogP contribution in [-0.4, -0.2) is 98.6 Å². The molecule has 0 aliphatic carbocycles. The van der Waals surface area contributed by atoms with Gasteiger partial charge in [0, 0.05) is 57.3 Å². The first kappa shape index (κ1) is 26.1. The molecule has 2 aliphatic heterocycles. The van der Waals surface area contributed by atoms with Gasteiger partial charge in [-0.1, -0.05) is 35.9 Å². The number of hydrogen-bond donors (Lipinski definition) is 2. The van der Waals surface area contributed by atoms with Crippen LogP contribution in [0.2, 0.25) is 5.02 Å². The van der Waals surface area contributed by atoms with Crippen LogP contribution >= 0.6 is 11.6 Å². The molecular weight excluding hydrogens is 484 g/mol. The van der Waals surface area contributed by atoms with Gasteiger partial charge in [-0.15, -0.1) is 0 Å². The Balaban J connectivity index is 1.33. The lowest BCUT2D eigenvalue weighted by molar-refractivity contribution is -0.133. The highest BCUT2D eigenvalue weighted by Gasteiger charge is 2.29. The van der Waals surface area contributed by atoms with E-state index in [2.05, 4.69) is 15.1 Å². The van der Waals surface area contributed by atoms with E-state index >= 15 is 0 Å². The summed E-state index contributed by atoms with van der Waals surface area (Å²) in [6.07, 6.45) is -0.952. The zero-order valence-electron chi connectivity index (χ0n) is 20.3. The summed E-state index contributed by atoms with van der Waals surface area (Å²) in [5.41, 5.74) is 1.85. The number of carboxylic acid groups (broad SMARTS) is 1. The van der Waals surface area contributed by atoms with Crippen LogP contribution in [0.25, 0.3) is 0 Å². The standard InChI is InChI=1S/C26H33ClN4O5/c27-21-7-5-20(6-8-21)19-22(28-26(33)34)25(32)31-11-9-30(10-12-31)23-3-1-2-4-24(23)36-18-15-29-13-16-35-17-14-29/h1-8,22,28H,9-19H2,(H,33,34). The van der Waals surface area contributed by atoms with Gasteiger partial charge in [-0.25, -0.2) is 4.79 Å². The van der Waals surface area contributed by atoms with Crippen molar-refractivity contribution in [3.05, 3.63) is 59.1 Å². The molecule has 0 radical (unpaired) electrons. The third kappa shape index (κ3) is 7.25. The van der Waals surface area contributed by atoms with Crippen molar-refractivity contribution >= 4 is 29.3 Å². The molecule has 36 heavy (non-hydrogen) atoms.